The Morgan fingerprint density at radius 2 is 2.25 bits per heavy atom. The zero-order valence-electron chi connectivity index (χ0n) is 12.8. The number of likely N-dealkylation sites (tertiary alicyclic amines) is 1. The van der Waals surface area contributed by atoms with Crippen LogP contribution in [-0.4, -0.2) is 31.1 Å². The monoisotopic (exact) mass is 272 g/mol. The molecule has 1 fully saturated rings. The number of nitrogens with zero attached hydrogens (tertiary/aromatic N) is 1. The Morgan fingerprint density at radius 1 is 1.30 bits per heavy atom. The molecule has 1 unspecified atom stereocenters. The molecule has 2 heterocycles. The standard InChI is InChI=1S/C18H28N2/c1-15-5-3-11-20(14-15)12-4-6-16-8-9-18-17(13-16)7-2-10-19-18/h8-9,13,15,19H,2-7,10-12,14H2,1H3. The average molecular weight is 272 g/mol. The molecule has 0 amide bonds. The number of anilines is 1. The van der Waals surface area contributed by atoms with Crippen molar-refractivity contribution in [2.24, 2.45) is 5.92 Å². The summed E-state index contributed by atoms with van der Waals surface area (Å²) in [6, 6.07) is 7.03. The lowest BCUT2D eigenvalue weighted by Gasteiger charge is -2.30. The van der Waals surface area contributed by atoms with Gasteiger partial charge in [0, 0.05) is 18.8 Å². The number of rotatable bonds is 4. The van der Waals surface area contributed by atoms with Gasteiger partial charge in [0.15, 0.2) is 0 Å². The van der Waals surface area contributed by atoms with E-state index in [2.05, 4.69) is 35.3 Å². The molecule has 0 spiro atoms. The molecule has 20 heavy (non-hydrogen) atoms. The summed E-state index contributed by atoms with van der Waals surface area (Å²) < 4.78 is 0. The van der Waals surface area contributed by atoms with E-state index < -0.39 is 0 Å². The van der Waals surface area contributed by atoms with Crippen LogP contribution in [0.15, 0.2) is 18.2 Å². The van der Waals surface area contributed by atoms with Crippen LogP contribution in [0.3, 0.4) is 0 Å². The lowest BCUT2D eigenvalue weighted by Crippen LogP contribution is -2.35. The Morgan fingerprint density at radius 3 is 3.15 bits per heavy atom. The molecule has 2 aliphatic heterocycles. The molecule has 0 aliphatic carbocycles. The van der Waals surface area contributed by atoms with Crippen LogP contribution in [0.5, 0.6) is 0 Å². The Kier molecular flexibility index (Phi) is 4.62. The highest BCUT2D eigenvalue weighted by atomic mass is 15.1. The van der Waals surface area contributed by atoms with Gasteiger partial charge in [-0.05, 0) is 74.7 Å². The predicted molar refractivity (Wildman–Crippen MR) is 86.4 cm³/mol. The number of fused-ring (bicyclic) bond motifs is 1. The van der Waals surface area contributed by atoms with E-state index >= 15 is 0 Å². The molecule has 1 aromatic rings. The predicted octanol–water partition coefficient (Wildman–Crippen LogP) is 3.71. The minimum Gasteiger partial charge on any atom is -0.385 e. The molecule has 0 bridgehead atoms. The molecule has 110 valence electrons. The van der Waals surface area contributed by atoms with E-state index in [4.69, 9.17) is 0 Å². The van der Waals surface area contributed by atoms with Gasteiger partial charge < -0.3 is 10.2 Å². The zero-order chi connectivity index (χ0) is 13.8. The van der Waals surface area contributed by atoms with Crippen molar-refractivity contribution in [1.29, 1.82) is 0 Å². The molecule has 1 N–H and O–H groups in total. The molecule has 0 saturated carbocycles. The van der Waals surface area contributed by atoms with Crippen LogP contribution in [0.25, 0.3) is 0 Å². The first-order valence-electron chi connectivity index (χ1n) is 8.39. The number of piperidine rings is 1. The van der Waals surface area contributed by atoms with E-state index in [0.29, 0.717) is 0 Å². The number of nitrogens with one attached hydrogen (secondary N) is 1. The third kappa shape index (κ3) is 3.54. The summed E-state index contributed by atoms with van der Waals surface area (Å²) in [6.45, 7) is 7.44. The lowest BCUT2D eigenvalue weighted by molar-refractivity contribution is 0.182. The van der Waals surface area contributed by atoms with Gasteiger partial charge in [-0.2, -0.15) is 0 Å². The fourth-order valence-electron chi connectivity index (χ4n) is 3.68. The van der Waals surface area contributed by atoms with Crippen LogP contribution < -0.4 is 5.32 Å². The summed E-state index contributed by atoms with van der Waals surface area (Å²) in [6.07, 6.45) is 7.89. The average Bonchev–Trinajstić information content (AvgIpc) is 2.47. The SMILES string of the molecule is CC1CCCN(CCCc2ccc3c(c2)CCCN3)C1. The Labute approximate surface area is 123 Å². The summed E-state index contributed by atoms with van der Waals surface area (Å²) >= 11 is 0. The van der Waals surface area contributed by atoms with Crippen LogP contribution >= 0.6 is 0 Å². The molecule has 1 saturated heterocycles. The molecule has 0 radical (unpaired) electrons. The van der Waals surface area contributed by atoms with Crippen molar-refractivity contribution >= 4 is 5.69 Å². The maximum atomic E-state index is 3.49. The van der Waals surface area contributed by atoms with Crippen molar-refractivity contribution in [3.63, 3.8) is 0 Å². The highest BCUT2D eigenvalue weighted by molar-refractivity contribution is 5.54. The molecule has 1 atom stereocenters. The topological polar surface area (TPSA) is 15.3 Å². The third-order valence-electron chi connectivity index (χ3n) is 4.79. The Bertz CT molecular complexity index is 441. The smallest absolute Gasteiger partial charge is 0.0372 e. The van der Waals surface area contributed by atoms with E-state index in [1.165, 1.54) is 75.0 Å². The largest absolute Gasteiger partial charge is 0.385 e. The van der Waals surface area contributed by atoms with Crippen molar-refractivity contribution in [2.45, 2.75) is 45.4 Å². The van der Waals surface area contributed by atoms with Gasteiger partial charge >= 0.3 is 0 Å². The number of benzene rings is 1. The van der Waals surface area contributed by atoms with Gasteiger partial charge in [-0.25, -0.2) is 0 Å². The van der Waals surface area contributed by atoms with Crippen LogP contribution in [0.2, 0.25) is 0 Å². The lowest BCUT2D eigenvalue weighted by atomic mass is 9.98. The first-order valence-corrected chi connectivity index (χ1v) is 8.39. The minimum absolute atomic E-state index is 0.901. The van der Waals surface area contributed by atoms with E-state index in [9.17, 15) is 0 Å². The quantitative estimate of drug-likeness (QED) is 0.899. The first kappa shape index (κ1) is 13.9. The number of hydrogen-bond acceptors (Lipinski definition) is 2. The molecule has 2 nitrogen and oxygen atoms in total. The van der Waals surface area contributed by atoms with Crippen LogP contribution in [0.4, 0.5) is 5.69 Å². The summed E-state index contributed by atoms with van der Waals surface area (Å²) in [4.78, 5) is 2.66. The minimum atomic E-state index is 0.901. The molecular weight excluding hydrogens is 244 g/mol. The van der Waals surface area contributed by atoms with Crippen LogP contribution in [-0.2, 0) is 12.8 Å². The molecular formula is C18H28N2. The highest BCUT2D eigenvalue weighted by Gasteiger charge is 2.15. The van der Waals surface area contributed by atoms with Gasteiger partial charge in [-0.3, -0.25) is 0 Å². The molecule has 0 aromatic heterocycles. The summed E-state index contributed by atoms with van der Waals surface area (Å²) in [7, 11) is 0. The van der Waals surface area contributed by atoms with Crippen LogP contribution in [0.1, 0.15) is 43.7 Å². The third-order valence-corrected chi connectivity index (χ3v) is 4.79. The normalized spacial score (nSPS) is 23.1. The van der Waals surface area contributed by atoms with E-state index in [-0.39, 0.29) is 0 Å². The van der Waals surface area contributed by atoms with Gasteiger partial charge in [0.25, 0.3) is 0 Å². The van der Waals surface area contributed by atoms with Crippen molar-refractivity contribution in [3.05, 3.63) is 29.3 Å². The van der Waals surface area contributed by atoms with Gasteiger partial charge in [0.1, 0.15) is 0 Å². The van der Waals surface area contributed by atoms with Gasteiger partial charge in [0.2, 0.25) is 0 Å². The fraction of sp³-hybridized carbons (Fsp3) is 0.667. The zero-order valence-corrected chi connectivity index (χ0v) is 12.8. The highest BCUT2D eigenvalue weighted by Crippen LogP contribution is 2.23. The second-order valence-corrected chi connectivity index (χ2v) is 6.67. The van der Waals surface area contributed by atoms with Gasteiger partial charge in [0.05, 0.1) is 0 Å². The van der Waals surface area contributed by atoms with Crippen LogP contribution in [0, 0.1) is 5.92 Å². The number of hydrogen-bond donors (Lipinski definition) is 1. The second-order valence-electron chi connectivity index (χ2n) is 6.67. The Balaban J connectivity index is 1.48. The van der Waals surface area contributed by atoms with Crippen molar-refractivity contribution < 1.29 is 0 Å². The number of aryl methyl sites for hydroxylation is 2. The van der Waals surface area contributed by atoms with E-state index in [1.54, 1.807) is 0 Å². The molecule has 3 rings (SSSR count). The fourth-order valence-corrected chi connectivity index (χ4v) is 3.68. The first-order chi connectivity index (χ1) is 9.81. The summed E-state index contributed by atoms with van der Waals surface area (Å²) in [5, 5.41) is 3.49. The van der Waals surface area contributed by atoms with Gasteiger partial charge in [-0.15, -0.1) is 0 Å². The molecule has 1 aromatic carbocycles. The summed E-state index contributed by atoms with van der Waals surface area (Å²) in [5.41, 5.74) is 4.42. The van der Waals surface area contributed by atoms with E-state index in [1.807, 2.05) is 0 Å². The van der Waals surface area contributed by atoms with Crippen molar-refractivity contribution in [3.8, 4) is 0 Å². The molecule has 2 heteroatoms. The van der Waals surface area contributed by atoms with Crippen molar-refractivity contribution in [2.75, 3.05) is 31.5 Å². The molecule has 2 aliphatic rings. The maximum absolute atomic E-state index is 3.49. The van der Waals surface area contributed by atoms with E-state index in [0.717, 1.165) is 12.5 Å². The Hall–Kier alpha value is -1.02. The van der Waals surface area contributed by atoms with Crippen molar-refractivity contribution in [1.82, 2.24) is 4.90 Å². The maximum Gasteiger partial charge on any atom is 0.0372 e. The summed E-state index contributed by atoms with van der Waals surface area (Å²) in [5.74, 6) is 0.901. The second kappa shape index (κ2) is 6.62. The van der Waals surface area contributed by atoms with Gasteiger partial charge in [-0.1, -0.05) is 19.1 Å².